The molecular weight excluding hydrogens is 468 g/mol. The maximum Gasteiger partial charge on any atom is 0.254 e. The molecule has 1 fully saturated rings. The third-order valence-electron chi connectivity index (χ3n) is 4.39. The lowest BCUT2D eigenvalue weighted by Gasteiger charge is -2.33. The van der Waals surface area contributed by atoms with Gasteiger partial charge in [-0.1, -0.05) is 35.0 Å². The van der Waals surface area contributed by atoms with Crippen LogP contribution in [0.1, 0.15) is 31.7 Å². The van der Waals surface area contributed by atoms with Gasteiger partial charge in [0, 0.05) is 4.47 Å². The van der Waals surface area contributed by atoms with E-state index < -0.39 is 35.8 Å². The number of rotatable bonds is 6. The van der Waals surface area contributed by atoms with Crippen LogP contribution in [-0.2, 0) is 19.9 Å². The van der Waals surface area contributed by atoms with Crippen molar-refractivity contribution in [3.63, 3.8) is 0 Å². The number of halogens is 2. The molecule has 0 spiro atoms. The molecule has 0 saturated carbocycles. The molecule has 1 aliphatic rings. The van der Waals surface area contributed by atoms with E-state index >= 15 is 0 Å². The second kappa shape index (κ2) is 9.59. The summed E-state index contributed by atoms with van der Waals surface area (Å²) in [6.07, 6.45) is 1.35. The van der Waals surface area contributed by atoms with Crippen molar-refractivity contribution in [3.05, 3.63) is 34.3 Å². The van der Waals surface area contributed by atoms with Gasteiger partial charge in [-0.3, -0.25) is 19.3 Å². The molecule has 1 saturated heterocycles. The fourth-order valence-electron chi connectivity index (χ4n) is 2.88. The standard InChI is InChI=1S/C17H23BrN4O3.BrH/c1-2-17(20,11-5-7-12(18)8-6-11)16(25)22(10-14(19)23)15(24)13-4-3-9-21-13;/h5-8,13,21H,2-4,9-10,20H2,1H3,(H2,19,23);1H/t13-,17?;/m0./s1/i/hD. The summed E-state index contributed by atoms with van der Waals surface area (Å²) in [5.74, 6) is -2.11. The van der Waals surface area contributed by atoms with Crippen molar-refractivity contribution in [1.29, 1.82) is 0 Å². The Bertz CT molecular complexity index is 704. The zero-order valence-corrected chi connectivity index (χ0v) is 17.8. The fourth-order valence-corrected chi connectivity index (χ4v) is 3.14. The molecule has 0 bridgehead atoms. The van der Waals surface area contributed by atoms with Gasteiger partial charge < -0.3 is 16.8 Å². The Morgan fingerprint density at radius 3 is 2.46 bits per heavy atom. The monoisotopic (exact) mass is 491 g/mol. The van der Waals surface area contributed by atoms with Crippen LogP contribution in [-0.4, -0.2) is 41.8 Å². The van der Waals surface area contributed by atoms with Crippen molar-refractivity contribution in [2.45, 2.75) is 37.8 Å². The first-order valence-corrected chi connectivity index (χ1v) is 8.94. The molecule has 26 heavy (non-hydrogen) atoms. The van der Waals surface area contributed by atoms with Crippen LogP contribution in [0.5, 0.6) is 0 Å². The van der Waals surface area contributed by atoms with Crippen LogP contribution < -0.4 is 16.8 Å². The van der Waals surface area contributed by atoms with E-state index in [0.29, 0.717) is 24.9 Å². The summed E-state index contributed by atoms with van der Waals surface area (Å²) in [6, 6.07) is 6.13. The highest BCUT2D eigenvalue weighted by Gasteiger charge is 2.42. The minimum Gasteiger partial charge on any atom is -0.368 e. The van der Waals surface area contributed by atoms with Gasteiger partial charge in [-0.05, 0) is 43.5 Å². The summed E-state index contributed by atoms with van der Waals surface area (Å²) in [4.78, 5) is 38.3. The number of carbonyl (C=O) groups is 3. The summed E-state index contributed by atoms with van der Waals surface area (Å²) in [5.41, 5.74) is 10.7. The zero-order valence-electron chi connectivity index (χ0n) is 15.5. The Morgan fingerprint density at radius 1 is 1.38 bits per heavy atom. The highest BCUT2D eigenvalue weighted by molar-refractivity contribution is 9.10. The molecule has 5 N–H and O–H groups in total. The molecule has 144 valence electrons. The van der Waals surface area contributed by atoms with Gasteiger partial charge in [-0.25, -0.2) is 0 Å². The third-order valence-corrected chi connectivity index (χ3v) is 4.92. The van der Waals surface area contributed by atoms with E-state index in [4.69, 9.17) is 12.9 Å². The fraction of sp³-hybridized carbons (Fsp3) is 0.471. The summed E-state index contributed by atoms with van der Waals surface area (Å²) < 4.78 is 8.67. The Balaban J connectivity index is 0.00000364. The highest BCUT2D eigenvalue weighted by atomic mass is 79.9. The van der Waals surface area contributed by atoms with E-state index in [-0.39, 0.29) is 23.4 Å². The Hall–Kier alpha value is -1.29. The number of imide groups is 1. The minimum atomic E-state index is -1.47. The molecular formula is C17H24Br2N4O3. The normalized spacial score (nSPS) is 19.8. The lowest BCUT2D eigenvalue weighted by Crippen LogP contribution is -2.58. The predicted octanol–water partition coefficient (Wildman–Crippen LogP) is 1.18. The number of hydrogen-bond donors (Lipinski definition) is 3. The van der Waals surface area contributed by atoms with Crippen molar-refractivity contribution in [2.24, 2.45) is 11.5 Å². The first kappa shape index (κ1) is 21.0. The Kier molecular flexibility index (Phi) is 7.75. The van der Waals surface area contributed by atoms with E-state index in [1.165, 1.54) is 0 Å². The molecule has 2 atom stereocenters. The van der Waals surface area contributed by atoms with Gasteiger partial charge in [0.2, 0.25) is 11.8 Å². The van der Waals surface area contributed by atoms with Gasteiger partial charge in [0.15, 0.2) is 0 Å². The van der Waals surface area contributed by atoms with Crippen molar-refractivity contribution < 1.29 is 15.8 Å². The first-order valence-electron chi connectivity index (χ1n) is 8.60. The van der Waals surface area contributed by atoms with Gasteiger partial charge in [0.1, 0.15) is 13.5 Å². The smallest absolute Gasteiger partial charge is 0.254 e. The third kappa shape index (κ3) is 4.91. The number of amides is 3. The first-order chi connectivity index (χ1) is 12.2. The van der Waals surface area contributed by atoms with Crippen LogP contribution >= 0.6 is 32.9 Å². The van der Waals surface area contributed by atoms with E-state index in [1.54, 1.807) is 31.2 Å². The number of nitrogens with zero attached hydrogens (tertiary/aromatic N) is 1. The lowest BCUT2D eigenvalue weighted by atomic mass is 9.86. The van der Waals surface area contributed by atoms with Gasteiger partial charge >= 0.3 is 0 Å². The molecule has 1 heterocycles. The van der Waals surface area contributed by atoms with E-state index in [9.17, 15) is 14.4 Å². The molecule has 0 aliphatic carbocycles. The molecule has 1 aliphatic heterocycles. The van der Waals surface area contributed by atoms with Crippen LogP contribution in [0.3, 0.4) is 0 Å². The second-order valence-corrected chi connectivity index (χ2v) is 7.01. The Labute approximate surface area is 173 Å². The van der Waals surface area contributed by atoms with E-state index in [0.717, 1.165) is 14.7 Å². The van der Waals surface area contributed by atoms with Gasteiger partial charge in [-0.15, -0.1) is 17.0 Å². The number of nitrogens with two attached hydrogens (primary N) is 2. The summed E-state index contributed by atoms with van der Waals surface area (Å²) in [5, 5.41) is 1.13. The van der Waals surface area contributed by atoms with E-state index in [2.05, 4.69) is 15.9 Å². The van der Waals surface area contributed by atoms with Gasteiger partial charge in [-0.2, -0.15) is 0 Å². The average molecular weight is 493 g/mol. The van der Waals surface area contributed by atoms with Crippen LogP contribution in [0.2, 0.25) is 1.41 Å². The van der Waals surface area contributed by atoms with Crippen molar-refractivity contribution >= 4 is 50.6 Å². The van der Waals surface area contributed by atoms with Gasteiger partial charge in [0.05, 0.1) is 6.04 Å². The number of hydrogen-bond acceptors (Lipinski definition) is 5. The SMILES string of the molecule is Br.[2H]N1CCC[C@H]1C(=O)N(CC(N)=O)C(=O)C(N)(CC)c1ccc(Br)cc1. The Morgan fingerprint density at radius 2 is 2.00 bits per heavy atom. The lowest BCUT2D eigenvalue weighted by molar-refractivity contribution is -0.152. The van der Waals surface area contributed by atoms with Crippen molar-refractivity contribution in [3.8, 4) is 0 Å². The quantitative estimate of drug-likeness (QED) is 0.551. The highest BCUT2D eigenvalue weighted by Crippen LogP contribution is 2.27. The largest absolute Gasteiger partial charge is 0.368 e. The number of carbonyl (C=O) groups excluding carboxylic acids is 3. The molecule has 1 aromatic carbocycles. The molecule has 9 heteroatoms. The second-order valence-electron chi connectivity index (χ2n) is 6.09. The molecule has 3 amide bonds. The minimum absolute atomic E-state index is 0. The van der Waals surface area contributed by atoms with Crippen LogP contribution in [0, 0.1) is 0 Å². The maximum atomic E-state index is 13.2. The van der Waals surface area contributed by atoms with Crippen molar-refractivity contribution in [2.75, 3.05) is 13.1 Å². The van der Waals surface area contributed by atoms with Crippen molar-refractivity contribution in [1.82, 2.24) is 10.2 Å². The zero-order chi connectivity index (χ0) is 19.5. The van der Waals surface area contributed by atoms with Gasteiger partial charge in [0.25, 0.3) is 5.91 Å². The van der Waals surface area contributed by atoms with Crippen LogP contribution in [0.4, 0.5) is 0 Å². The molecule has 7 nitrogen and oxygen atoms in total. The maximum absolute atomic E-state index is 13.2. The van der Waals surface area contributed by atoms with Crippen LogP contribution in [0.25, 0.3) is 0 Å². The summed E-state index contributed by atoms with van der Waals surface area (Å²) in [6.45, 7) is 1.61. The molecule has 1 unspecified atom stereocenters. The average Bonchev–Trinajstić information content (AvgIpc) is 3.04. The molecule has 2 rings (SSSR count). The predicted molar refractivity (Wildman–Crippen MR) is 108 cm³/mol. The molecule has 0 radical (unpaired) electrons. The van der Waals surface area contributed by atoms with Crippen LogP contribution in [0.15, 0.2) is 28.7 Å². The topological polar surface area (TPSA) is 119 Å². The number of nitrogens with one attached hydrogen (secondary N) is 1. The van der Waals surface area contributed by atoms with E-state index in [1.807, 2.05) is 0 Å². The summed E-state index contributed by atoms with van der Waals surface area (Å²) in [7, 11) is 0. The number of benzene rings is 1. The summed E-state index contributed by atoms with van der Waals surface area (Å²) >= 11 is 3.33. The number of primary amides is 1. The molecule has 1 aromatic rings. The molecule has 0 aromatic heterocycles.